The first-order valence-electron chi connectivity index (χ1n) is 5.64. The molecule has 1 fully saturated rings. The van der Waals surface area contributed by atoms with E-state index in [1.54, 1.807) is 4.90 Å². The second-order valence-electron chi connectivity index (χ2n) is 4.18. The summed E-state index contributed by atoms with van der Waals surface area (Å²) >= 11 is 0. The van der Waals surface area contributed by atoms with Crippen molar-refractivity contribution in [1.82, 2.24) is 4.72 Å². The quantitative estimate of drug-likeness (QED) is 0.807. The number of hydrogen-bond acceptors (Lipinski definition) is 3. The van der Waals surface area contributed by atoms with Crippen molar-refractivity contribution in [2.24, 2.45) is 5.14 Å². The Morgan fingerprint density at radius 1 is 1.28 bits per heavy atom. The number of nitrogens with zero attached hydrogens (tertiary/aromatic N) is 1. The Hall–Kier alpha value is -1.44. The third-order valence-corrected chi connectivity index (χ3v) is 3.43. The maximum absolute atomic E-state index is 12.1. The Morgan fingerprint density at radius 2 is 1.94 bits per heavy atom. The predicted molar refractivity (Wildman–Crippen MR) is 68.1 cm³/mol. The van der Waals surface area contributed by atoms with Gasteiger partial charge in [0.05, 0.1) is 0 Å². The number of carbonyl (C=O) groups excluding carboxylic acids is 1. The first-order valence-corrected chi connectivity index (χ1v) is 7.18. The van der Waals surface area contributed by atoms with E-state index in [0.29, 0.717) is 13.0 Å². The van der Waals surface area contributed by atoms with Gasteiger partial charge < -0.3 is 4.90 Å². The highest BCUT2D eigenvalue weighted by molar-refractivity contribution is 7.87. The van der Waals surface area contributed by atoms with Crippen LogP contribution in [0.15, 0.2) is 30.3 Å². The zero-order chi connectivity index (χ0) is 13.2. The van der Waals surface area contributed by atoms with Gasteiger partial charge in [0.2, 0.25) is 5.91 Å². The van der Waals surface area contributed by atoms with Gasteiger partial charge in [-0.25, -0.2) is 5.14 Å². The average molecular weight is 269 g/mol. The summed E-state index contributed by atoms with van der Waals surface area (Å²) in [5, 5.41) is 4.90. The van der Waals surface area contributed by atoms with Gasteiger partial charge in [-0.3, -0.25) is 4.79 Å². The molecule has 0 aliphatic carbocycles. The van der Waals surface area contributed by atoms with Crippen LogP contribution in [-0.4, -0.2) is 26.9 Å². The molecule has 1 saturated heterocycles. The highest BCUT2D eigenvalue weighted by Gasteiger charge is 2.31. The molecule has 1 amide bonds. The number of carbonyl (C=O) groups is 1. The summed E-state index contributed by atoms with van der Waals surface area (Å²) in [6.45, 7) is 0.589. The van der Waals surface area contributed by atoms with Crippen LogP contribution in [0.5, 0.6) is 0 Å². The molecule has 1 aliphatic rings. The van der Waals surface area contributed by atoms with Crippen molar-refractivity contribution in [3.8, 4) is 0 Å². The first-order chi connectivity index (χ1) is 8.47. The molecular formula is C11H15N3O3S. The van der Waals surface area contributed by atoms with Crippen molar-refractivity contribution in [2.45, 2.75) is 18.9 Å². The van der Waals surface area contributed by atoms with Crippen molar-refractivity contribution < 1.29 is 13.2 Å². The van der Waals surface area contributed by atoms with Gasteiger partial charge in [-0.15, -0.1) is 0 Å². The number of hydrogen-bond donors (Lipinski definition) is 2. The summed E-state index contributed by atoms with van der Waals surface area (Å²) in [6.07, 6.45) is 1.20. The first kappa shape index (κ1) is 13.0. The molecule has 1 unspecified atom stereocenters. The maximum atomic E-state index is 12.1. The molecule has 3 N–H and O–H groups in total. The third-order valence-electron chi connectivity index (χ3n) is 2.81. The standard InChI is InChI=1S/C11H15N3O3S/c12-18(16,17)13-10-7-4-8-14(11(10)15)9-5-2-1-3-6-9/h1-3,5-6,10,13H,4,7-8H2,(H2,12,16,17). The lowest BCUT2D eigenvalue weighted by Gasteiger charge is -2.32. The Bertz CT molecular complexity index is 530. The van der Waals surface area contributed by atoms with Gasteiger partial charge in [0.15, 0.2) is 0 Å². The summed E-state index contributed by atoms with van der Waals surface area (Å²) in [6, 6.07) is 8.39. The SMILES string of the molecule is NS(=O)(=O)NC1CCCN(c2ccccc2)C1=O. The van der Waals surface area contributed by atoms with Crippen LogP contribution in [0.4, 0.5) is 5.69 Å². The van der Waals surface area contributed by atoms with Crippen molar-refractivity contribution in [3.63, 3.8) is 0 Å². The van der Waals surface area contributed by atoms with Gasteiger partial charge >= 0.3 is 0 Å². The lowest BCUT2D eigenvalue weighted by Crippen LogP contribution is -2.53. The minimum atomic E-state index is -3.86. The Morgan fingerprint density at radius 3 is 2.56 bits per heavy atom. The maximum Gasteiger partial charge on any atom is 0.275 e. The molecular weight excluding hydrogens is 254 g/mol. The number of piperidine rings is 1. The second kappa shape index (κ2) is 5.05. The smallest absolute Gasteiger partial charge is 0.275 e. The molecule has 1 heterocycles. The van der Waals surface area contributed by atoms with Crippen LogP contribution in [0.2, 0.25) is 0 Å². The summed E-state index contributed by atoms with van der Waals surface area (Å²) in [5.41, 5.74) is 0.767. The van der Waals surface area contributed by atoms with Crippen LogP contribution in [-0.2, 0) is 15.0 Å². The largest absolute Gasteiger partial charge is 0.311 e. The normalized spacial score (nSPS) is 21.1. The van der Waals surface area contributed by atoms with E-state index in [1.165, 1.54) is 0 Å². The van der Waals surface area contributed by atoms with E-state index in [-0.39, 0.29) is 5.91 Å². The number of para-hydroxylation sites is 1. The fourth-order valence-corrected chi connectivity index (χ4v) is 2.66. The van der Waals surface area contributed by atoms with Gasteiger partial charge in [-0.2, -0.15) is 13.1 Å². The molecule has 0 aromatic heterocycles. The monoisotopic (exact) mass is 269 g/mol. The highest BCUT2D eigenvalue weighted by Crippen LogP contribution is 2.20. The molecule has 6 nitrogen and oxygen atoms in total. The number of anilines is 1. The molecule has 0 bridgehead atoms. The molecule has 0 radical (unpaired) electrons. The Balaban J connectivity index is 2.17. The van der Waals surface area contributed by atoms with Crippen LogP contribution >= 0.6 is 0 Å². The zero-order valence-corrected chi connectivity index (χ0v) is 10.6. The van der Waals surface area contributed by atoms with E-state index in [1.807, 2.05) is 30.3 Å². The van der Waals surface area contributed by atoms with E-state index in [0.717, 1.165) is 12.1 Å². The van der Waals surface area contributed by atoms with E-state index in [4.69, 9.17) is 5.14 Å². The lowest BCUT2D eigenvalue weighted by molar-refractivity contribution is -0.121. The number of nitrogens with two attached hydrogens (primary N) is 1. The van der Waals surface area contributed by atoms with Crippen molar-refractivity contribution in [2.75, 3.05) is 11.4 Å². The van der Waals surface area contributed by atoms with Crippen LogP contribution in [0.3, 0.4) is 0 Å². The van der Waals surface area contributed by atoms with Crippen LogP contribution in [0.25, 0.3) is 0 Å². The third kappa shape index (κ3) is 3.06. The van der Waals surface area contributed by atoms with Gasteiger partial charge in [0.1, 0.15) is 6.04 Å². The van der Waals surface area contributed by atoms with E-state index in [2.05, 4.69) is 4.72 Å². The summed E-state index contributed by atoms with van der Waals surface area (Å²) in [4.78, 5) is 13.7. The highest BCUT2D eigenvalue weighted by atomic mass is 32.2. The molecule has 18 heavy (non-hydrogen) atoms. The molecule has 1 aromatic rings. The van der Waals surface area contributed by atoms with Crippen LogP contribution in [0.1, 0.15) is 12.8 Å². The molecule has 0 spiro atoms. The zero-order valence-electron chi connectivity index (χ0n) is 9.74. The van der Waals surface area contributed by atoms with Crippen LogP contribution in [0, 0.1) is 0 Å². The van der Waals surface area contributed by atoms with Crippen molar-refractivity contribution in [3.05, 3.63) is 30.3 Å². The average Bonchev–Trinajstić information content (AvgIpc) is 2.31. The second-order valence-corrected chi connectivity index (χ2v) is 5.51. The van der Waals surface area contributed by atoms with Gasteiger partial charge in [-0.05, 0) is 25.0 Å². The topological polar surface area (TPSA) is 92.5 Å². The van der Waals surface area contributed by atoms with Gasteiger partial charge in [0.25, 0.3) is 10.2 Å². The molecule has 1 atom stereocenters. The lowest BCUT2D eigenvalue weighted by atomic mass is 10.0. The predicted octanol–water partition coefficient (Wildman–Crippen LogP) is -0.0249. The molecule has 98 valence electrons. The van der Waals surface area contributed by atoms with Crippen molar-refractivity contribution in [1.29, 1.82) is 0 Å². The summed E-state index contributed by atoms with van der Waals surface area (Å²) < 4.78 is 24.1. The van der Waals surface area contributed by atoms with E-state index >= 15 is 0 Å². The van der Waals surface area contributed by atoms with Crippen molar-refractivity contribution >= 4 is 21.8 Å². The van der Waals surface area contributed by atoms with E-state index in [9.17, 15) is 13.2 Å². The number of rotatable bonds is 3. The number of benzene rings is 1. The number of amides is 1. The molecule has 0 saturated carbocycles. The summed E-state index contributed by atoms with van der Waals surface area (Å²) in [7, 11) is -3.86. The molecule has 2 rings (SSSR count). The van der Waals surface area contributed by atoms with Gasteiger partial charge in [0, 0.05) is 12.2 Å². The van der Waals surface area contributed by atoms with Crippen LogP contribution < -0.4 is 14.8 Å². The number of nitrogens with one attached hydrogen (secondary N) is 1. The molecule has 1 aliphatic heterocycles. The fourth-order valence-electron chi connectivity index (χ4n) is 2.05. The van der Waals surface area contributed by atoms with E-state index < -0.39 is 16.3 Å². The Kier molecular flexibility index (Phi) is 3.65. The fraction of sp³-hybridized carbons (Fsp3) is 0.364. The Labute approximate surface area is 106 Å². The minimum Gasteiger partial charge on any atom is -0.311 e. The summed E-state index contributed by atoms with van der Waals surface area (Å²) in [5.74, 6) is -0.263. The minimum absolute atomic E-state index is 0.263. The van der Waals surface area contributed by atoms with Gasteiger partial charge in [-0.1, -0.05) is 18.2 Å². The molecule has 7 heteroatoms. The molecule has 1 aromatic carbocycles.